The van der Waals surface area contributed by atoms with Gasteiger partial charge in [0.25, 0.3) is 0 Å². The monoisotopic (exact) mass is 808 g/mol. The lowest BCUT2D eigenvalue weighted by Gasteiger charge is -2.59. The number of phosphoric acid groups is 2. The van der Waals surface area contributed by atoms with Crippen molar-refractivity contribution in [1.29, 1.82) is 0 Å². The fourth-order valence-electron chi connectivity index (χ4n) is 11.3. The zero-order valence-electron chi connectivity index (χ0n) is 29.3. The number of phosphoric ester groups is 2. The van der Waals surface area contributed by atoms with Crippen LogP contribution in [0.15, 0.2) is 47.5 Å². The molecule has 0 spiro atoms. The van der Waals surface area contributed by atoms with E-state index >= 15 is 0 Å². The Kier molecular flexibility index (Phi) is 9.87. The van der Waals surface area contributed by atoms with E-state index in [0.29, 0.717) is 34.5 Å². The van der Waals surface area contributed by atoms with Crippen molar-refractivity contribution >= 4 is 50.4 Å². The maximum Gasteiger partial charge on any atom is 0.148 e. The SMILES string of the molecule is COC(=C1C2CC3CC1CC(OCOC14CC5CC(C1)C(=C(OC)c1ccc(Cl)c(OP(=O)([O-])[O-])c1)C(C5)C4)(C3)C2)c1ccc(Cl)c(OP(=O)([O-])[O-])c1. The molecule has 0 aliphatic heterocycles. The van der Waals surface area contributed by atoms with Gasteiger partial charge < -0.3 is 56.7 Å². The molecule has 8 fully saturated rings. The molecule has 8 saturated carbocycles. The van der Waals surface area contributed by atoms with Gasteiger partial charge in [0.1, 0.15) is 45.5 Å². The molecule has 2 aromatic rings. The number of allylic oxidation sites excluding steroid dienone is 2. The zero-order valence-corrected chi connectivity index (χ0v) is 32.6. The molecule has 8 aliphatic carbocycles. The standard InChI is InChI=1S/C37H44Cl2O12P2/c1-46-34(22-3-5-28(38)30(11-22)50-52(40,41)42)32-24-7-20-8-25(32)16-36(13-20,15-24)48-19-49-37-14-21-9-26(17-37)33(27(10-21)18-37)35(47-2)23-4-6-29(39)31(12-23)51-53(43,44)45/h3-6,11-12,20-21,24-27H,7-10,13-19H2,1-2H3,(H2,40,41,42)(H2,43,44,45)/p-4. The fraction of sp³-hybridized carbons (Fsp3) is 0.568. The summed E-state index contributed by atoms with van der Waals surface area (Å²) in [7, 11) is -7.42. The molecular formula is C37H40Cl2O12P2-4. The zero-order chi connectivity index (χ0) is 37.5. The highest BCUT2D eigenvalue weighted by Gasteiger charge is 2.57. The van der Waals surface area contributed by atoms with Crippen LogP contribution in [0.2, 0.25) is 10.0 Å². The van der Waals surface area contributed by atoms with Gasteiger partial charge in [-0.3, -0.25) is 0 Å². The predicted molar refractivity (Wildman–Crippen MR) is 187 cm³/mol. The first-order valence-electron chi connectivity index (χ1n) is 17.9. The van der Waals surface area contributed by atoms with Crippen LogP contribution in [-0.4, -0.2) is 32.2 Å². The van der Waals surface area contributed by atoms with Crippen molar-refractivity contribution < 1.29 is 56.7 Å². The molecule has 2 aromatic carbocycles. The Bertz CT molecular complexity index is 1780. The highest BCUT2D eigenvalue weighted by atomic mass is 35.5. The van der Waals surface area contributed by atoms with Crippen LogP contribution >= 0.6 is 38.8 Å². The Hall–Kier alpha value is -2.08. The van der Waals surface area contributed by atoms with Crippen molar-refractivity contribution in [1.82, 2.24) is 0 Å². The lowest BCUT2D eigenvalue weighted by atomic mass is 9.51. The fourth-order valence-corrected chi connectivity index (χ4v) is 12.5. The van der Waals surface area contributed by atoms with E-state index in [0.717, 1.165) is 64.2 Å². The van der Waals surface area contributed by atoms with Gasteiger partial charge in [0.05, 0.1) is 35.5 Å². The normalized spacial score (nSPS) is 32.6. The lowest BCUT2D eigenvalue weighted by Crippen LogP contribution is -2.55. The van der Waals surface area contributed by atoms with Crippen LogP contribution in [0.25, 0.3) is 11.5 Å². The first-order chi connectivity index (χ1) is 25.1. The van der Waals surface area contributed by atoms with Crippen molar-refractivity contribution in [2.45, 2.75) is 75.4 Å². The second kappa shape index (κ2) is 13.8. The third-order valence-electron chi connectivity index (χ3n) is 12.5. The van der Waals surface area contributed by atoms with E-state index in [2.05, 4.69) is 9.05 Å². The molecule has 0 heterocycles. The van der Waals surface area contributed by atoms with Gasteiger partial charge in [0.2, 0.25) is 0 Å². The number of methoxy groups -OCH3 is 2. The summed E-state index contributed by atoms with van der Waals surface area (Å²) >= 11 is 12.3. The lowest BCUT2D eigenvalue weighted by molar-refractivity contribution is -0.335. The van der Waals surface area contributed by atoms with Crippen LogP contribution < -0.4 is 28.6 Å². The summed E-state index contributed by atoms with van der Waals surface area (Å²) in [4.78, 5) is 45.4. The predicted octanol–water partition coefficient (Wildman–Crippen LogP) is 5.97. The van der Waals surface area contributed by atoms with Crippen molar-refractivity contribution in [3.63, 3.8) is 0 Å². The van der Waals surface area contributed by atoms with E-state index < -0.39 is 15.6 Å². The van der Waals surface area contributed by atoms with E-state index in [-0.39, 0.29) is 63.2 Å². The second-order valence-electron chi connectivity index (χ2n) is 15.8. The van der Waals surface area contributed by atoms with Gasteiger partial charge in [0, 0.05) is 11.1 Å². The minimum atomic E-state index is -5.31. The molecule has 0 radical (unpaired) electrons. The largest absolute Gasteiger partial charge is 0.780 e. The van der Waals surface area contributed by atoms with Crippen molar-refractivity contribution in [2.75, 3.05) is 21.0 Å². The maximum absolute atomic E-state index is 11.4. The molecule has 16 heteroatoms. The van der Waals surface area contributed by atoms with E-state index in [9.17, 15) is 28.7 Å². The number of hydrogen-bond donors (Lipinski definition) is 0. The molecule has 8 aliphatic rings. The van der Waals surface area contributed by atoms with E-state index in [1.54, 1.807) is 26.4 Å². The number of benzene rings is 2. The van der Waals surface area contributed by atoms with Crippen LogP contribution in [-0.2, 0) is 28.1 Å². The topological polar surface area (TPSA) is 182 Å². The first-order valence-corrected chi connectivity index (χ1v) is 21.6. The summed E-state index contributed by atoms with van der Waals surface area (Å²) < 4.78 is 57.5. The minimum absolute atomic E-state index is 0.0196. The Morgan fingerprint density at radius 2 is 1.00 bits per heavy atom. The molecule has 0 N–H and O–H groups in total. The molecule has 10 rings (SSSR count). The summed E-state index contributed by atoms with van der Waals surface area (Å²) in [5.74, 6) is 2.76. The average molecular weight is 810 g/mol. The summed E-state index contributed by atoms with van der Waals surface area (Å²) in [5, 5.41) is 0.0392. The van der Waals surface area contributed by atoms with Gasteiger partial charge in [-0.1, -0.05) is 23.2 Å². The molecule has 12 nitrogen and oxygen atoms in total. The Labute approximate surface area is 318 Å². The number of rotatable bonds is 12. The van der Waals surface area contributed by atoms with Gasteiger partial charge in [0.15, 0.2) is 0 Å². The van der Waals surface area contributed by atoms with Gasteiger partial charge in [-0.2, -0.15) is 0 Å². The van der Waals surface area contributed by atoms with Gasteiger partial charge >= 0.3 is 0 Å². The Morgan fingerprint density at radius 1 is 0.642 bits per heavy atom. The van der Waals surface area contributed by atoms with E-state index in [4.69, 9.17) is 42.1 Å². The smallest absolute Gasteiger partial charge is 0.148 e. The van der Waals surface area contributed by atoms with Gasteiger partial charge in [-0.25, -0.2) is 0 Å². The maximum atomic E-state index is 11.4. The van der Waals surface area contributed by atoms with Crippen molar-refractivity contribution in [3.05, 3.63) is 68.7 Å². The molecule has 8 bridgehead atoms. The van der Waals surface area contributed by atoms with Crippen molar-refractivity contribution in [3.8, 4) is 11.5 Å². The van der Waals surface area contributed by atoms with Crippen LogP contribution in [0.5, 0.6) is 11.5 Å². The molecule has 4 atom stereocenters. The van der Waals surface area contributed by atoms with E-state index in [1.165, 1.54) is 35.4 Å². The third-order valence-corrected chi connectivity index (χ3v) is 14.0. The first kappa shape index (κ1) is 37.8. The number of halogens is 2. The summed E-state index contributed by atoms with van der Waals surface area (Å²) in [6.45, 7) is 0.204. The number of ether oxygens (including phenoxy) is 4. The summed E-state index contributed by atoms with van der Waals surface area (Å²) in [6.07, 6.45) is 9.30. The molecule has 288 valence electrons. The summed E-state index contributed by atoms with van der Waals surface area (Å²) in [6, 6.07) is 9.41. The van der Waals surface area contributed by atoms with Gasteiger partial charge in [-0.15, -0.1) is 0 Å². The average Bonchev–Trinajstić information content (AvgIpc) is 3.05. The quantitative estimate of drug-likeness (QED) is 0.139. The Morgan fingerprint density at radius 3 is 1.32 bits per heavy atom. The van der Waals surface area contributed by atoms with Gasteiger partial charge in [-0.05, 0) is 147 Å². The van der Waals surface area contributed by atoms with Crippen LogP contribution in [0.1, 0.15) is 75.3 Å². The second-order valence-corrected chi connectivity index (χ2v) is 18.8. The van der Waals surface area contributed by atoms with Crippen LogP contribution in [0.3, 0.4) is 0 Å². The molecule has 4 unspecified atom stereocenters. The molecule has 0 aromatic heterocycles. The van der Waals surface area contributed by atoms with E-state index in [1.807, 2.05) is 0 Å². The highest BCUT2D eigenvalue weighted by molar-refractivity contribution is 7.43. The third kappa shape index (κ3) is 7.46. The molecule has 0 amide bonds. The van der Waals surface area contributed by atoms with Crippen LogP contribution in [0, 0.1) is 35.5 Å². The molecule has 0 saturated heterocycles. The van der Waals surface area contributed by atoms with Crippen molar-refractivity contribution in [2.24, 2.45) is 35.5 Å². The highest BCUT2D eigenvalue weighted by Crippen LogP contribution is 2.63. The number of hydrogen-bond acceptors (Lipinski definition) is 12. The molecular weight excluding hydrogens is 769 g/mol. The minimum Gasteiger partial charge on any atom is -0.780 e. The van der Waals surface area contributed by atoms with Crippen LogP contribution in [0.4, 0.5) is 0 Å². The summed E-state index contributed by atoms with van der Waals surface area (Å²) in [5.41, 5.74) is 2.96. The molecule has 53 heavy (non-hydrogen) atoms. The Balaban J connectivity index is 0.977.